The van der Waals surface area contributed by atoms with Crippen molar-refractivity contribution < 1.29 is 0 Å². The third kappa shape index (κ3) is 1.36. The molecule has 0 radical (unpaired) electrons. The molecule has 0 unspecified atom stereocenters. The summed E-state index contributed by atoms with van der Waals surface area (Å²) in [5.41, 5.74) is 2.11. The van der Waals surface area contributed by atoms with Crippen molar-refractivity contribution >= 4 is 28.2 Å². The Morgan fingerprint density at radius 1 is 1.29 bits per heavy atom. The molecule has 0 N–H and O–H groups in total. The Hall–Kier alpha value is -1.48. The van der Waals surface area contributed by atoms with Crippen molar-refractivity contribution in [3.05, 3.63) is 39.9 Å². The zero-order valence-corrected chi connectivity index (χ0v) is 8.25. The Morgan fingerprint density at radius 3 is 2.79 bits per heavy atom. The Morgan fingerprint density at radius 2 is 2.07 bits per heavy atom. The van der Waals surface area contributed by atoms with E-state index in [0.717, 1.165) is 16.5 Å². The van der Waals surface area contributed by atoms with E-state index in [0.29, 0.717) is 10.8 Å². The smallest absolute Gasteiger partial charge is 0.129 e. The molecule has 4 heteroatoms. The minimum Gasteiger partial charge on any atom is -0.236 e. The van der Waals surface area contributed by atoms with Crippen LogP contribution in [-0.2, 0) is 0 Å². The fourth-order valence-electron chi connectivity index (χ4n) is 1.39. The van der Waals surface area contributed by atoms with Crippen LogP contribution in [0.3, 0.4) is 0 Å². The van der Waals surface area contributed by atoms with Crippen molar-refractivity contribution in [3.8, 4) is 0 Å². The number of nitrogens with zero attached hydrogens (tertiary/aromatic N) is 2. The lowest BCUT2D eigenvalue weighted by molar-refractivity contribution is 1.36. The first-order chi connectivity index (χ1) is 6.72. The summed E-state index contributed by atoms with van der Waals surface area (Å²) in [5, 5.41) is 4.10. The van der Waals surface area contributed by atoms with Gasteiger partial charge in [0.15, 0.2) is 0 Å². The highest BCUT2D eigenvalue weighted by Crippen LogP contribution is 2.28. The Labute approximate surface area is 85.7 Å². The fraction of sp³-hybridized carbons (Fsp3) is 0.100. The average molecular weight is 207 g/mol. The van der Waals surface area contributed by atoms with Gasteiger partial charge in [-0.3, -0.25) is 0 Å². The largest absolute Gasteiger partial charge is 0.236 e. The van der Waals surface area contributed by atoms with Gasteiger partial charge in [-0.25, -0.2) is 4.98 Å². The van der Waals surface area contributed by atoms with Crippen LogP contribution in [0.2, 0.25) is 5.15 Å². The fourth-order valence-corrected chi connectivity index (χ4v) is 1.54. The number of aromatic nitrogens is 1. The lowest BCUT2D eigenvalue weighted by Crippen LogP contribution is -1.84. The maximum atomic E-state index is 10.5. The van der Waals surface area contributed by atoms with Gasteiger partial charge in [0.1, 0.15) is 10.8 Å². The van der Waals surface area contributed by atoms with Crippen LogP contribution in [0.5, 0.6) is 0 Å². The van der Waals surface area contributed by atoms with Crippen LogP contribution in [0.25, 0.3) is 10.9 Å². The Balaban J connectivity index is 2.91. The Kier molecular flexibility index (Phi) is 2.17. The van der Waals surface area contributed by atoms with E-state index in [1.54, 1.807) is 18.2 Å². The zero-order valence-electron chi connectivity index (χ0n) is 7.49. The first-order valence-electron chi connectivity index (χ1n) is 4.11. The monoisotopic (exact) mass is 206 g/mol. The predicted octanol–water partition coefficient (Wildman–Crippen LogP) is 3.59. The maximum Gasteiger partial charge on any atom is 0.129 e. The van der Waals surface area contributed by atoms with E-state index >= 15 is 0 Å². The van der Waals surface area contributed by atoms with Crippen molar-refractivity contribution in [2.45, 2.75) is 6.92 Å². The highest BCUT2D eigenvalue weighted by Gasteiger charge is 2.05. The molecule has 0 amide bonds. The van der Waals surface area contributed by atoms with E-state index in [1.807, 2.05) is 13.0 Å². The van der Waals surface area contributed by atoms with Crippen molar-refractivity contribution in [2.24, 2.45) is 5.18 Å². The van der Waals surface area contributed by atoms with Crippen LogP contribution in [0, 0.1) is 11.8 Å². The van der Waals surface area contributed by atoms with Gasteiger partial charge in [0.05, 0.1) is 5.52 Å². The molecule has 0 fully saturated rings. The van der Waals surface area contributed by atoms with E-state index in [-0.39, 0.29) is 0 Å². The summed E-state index contributed by atoms with van der Waals surface area (Å²) < 4.78 is 0. The molecule has 0 spiro atoms. The molecule has 1 heterocycles. The average Bonchev–Trinajstić information content (AvgIpc) is 2.19. The number of rotatable bonds is 1. The van der Waals surface area contributed by atoms with Crippen LogP contribution in [0.15, 0.2) is 29.4 Å². The molecule has 0 saturated heterocycles. The van der Waals surface area contributed by atoms with E-state index in [9.17, 15) is 4.91 Å². The lowest BCUT2D eigenvalue weighted by atomic mass is 10.1. The van der Waals surface area contributed by atoms with Crippen molar-refractivity contribution in [1.29, 1.82) is 0 Å². The van der Waals surface area contributed by atoms with Crippen LogP contribution in [0.1, 0.15) is 5.56 Å². The maximum absolute atomic E-state index is 10.5. The second-order valence-corrected chi connectivity index (χ2v) is 3.41. The quantitative estimate of drug-likeness (QED) is 0.529. The second kappa shape index (κ2) is 3.35. The number of hydrogen-bond acceptors (Lipinski definition) is 3. The number of nitroso groups, excluding NO2 is 1. The topological polar surface area (TPSA) is 42.3 Å². The molecule has 3 nitrogen and oxygen atoms in total. The van der Waals surface area contributed by atoms with E-state index < -0.39 is 0 Å². The molecular weight excluding hydrogens is 200 g/mol. The molecule has 0 aliphatic carbocycles. The third-order valence-electron chi connectivity index (χ3n) is 2.10. The highest BCUT2D eigenvalue weighted by atomic mass is 35.5. The van der Waals surface area contributed by atoms with Gasteiger partial charge in [-0.2, -0.15) is 0 Å². The van der Waals surface area contributed by atoms with Gasteiger partial charge in [-0.15, -0.1) is 4.91 Å². The van der Waals surface area contributed by atoms with Crippen LogP contribution in [0.4, 0.5) is 5.69 Å². The van der Waals surface area contributed by atoms with Gasteiger partial charge >= 0.3 is 0 Å². The lowest BCUT2D eigenvalue weighted by Gasteiger charge is -2.02. The summed E-state index contributed by atoms with van der Waals surface area (Å²) in [6, 6.07) is 6.90. The summed E-state index contributed by atoms with van der Waals surface area (Å²) in [6.07, 6.45) is 0. The minimum atomic E-state index is 0.398. The SMILES string of the molecule is Cc1ccc(N=O)c2ccc(Cl)nc12. The molecule has 70 valence electrons. The van der Waals surface area contributed by atoms with Crippen molar-refractivity contribution in [1.82, 2.24) is 4.98 Å². The summed E-state index contributed by atoms with van der Waals surface area (Å²) in [6.45, 7) is 1.92. The summed E-state index contributed by atoms with van der Waals surface area (Å²) in [4.78, 5) is 14.7. The van der Waals surface area contributed by atoms with Crippen molar-refractivity contribution in [2.75, 3.05) is 0 Å². The molecule has 0 aliphatic rings. The molecule has 0 atom stereocenters. The van der Waals surface area contributed by atoms with E-state index in [2.05, 4.69) is 10.2 Å². The van der Waals surface area contributed by atoms with Gasteiger partial charge < -0.3 is 0 Å². The second-order valence-electron chi connectivity index (χ2n) is 3.02. The summed E-state index contributed by atoms with van der Waals surface area (Å²) in [7, 11) is 0. The number of aryl methyl sites for hydroxylation is 1. The molecule has 1 aromatic carbocycles. The van der Waals surface area contributed by atoms with Gasteiger partial charge in [-0.05, 0) is 35.9 Å². The van der Waals surface area contributed by atoms with Gasteiger partial charge in [-0.1, -0.05) is 17.7 Å². The molecule has 1 aromatic heterocycles. The zero-order chi connectivity index (χ0) is 10.1. The number of hydrogen-bond donors (Lipinski definition) is 0. The Bertz CT molecular complexity index is 511. The number of pyridine rings is 1. The molecule has 14 heavy (non-hydrogen) atoms. The van der Waals surface area contributed by atoms with Crippen molar-refractivity contribution in [3.63, 3.8) is 0 Å². The van der Waals surface area contributed by atoms with E-state index in [4.69, 9.17) is 11.6 Å². The number of fused-ring (bicyclic) bond motifs is 1. The van der Waals surface area contributed by atoms with Gasteiger partial charge in [0, 0.05) is 5.39 Å². The molecular formula is C10H7ClN2O. The van der Waals surface area contributed by atoms with E-state index in [1.165, 1.54) is 0 Å². The molecule has 2 aromatic rings. The molecule has 2 rings (SSSR count). The standard InChI is InChI=1S/C10H7ClN2O/c1-6-2-4-8(13-14)7-3-5-9(11)12-10(6)7/h2-5H,1H3. The predicted molar refractivity (Wildman–Crippen MR) is 56.9 cm³/mol. The molecule has 0 aliphatic heterocycles. The summed E-state index contributed by atoms with van der Waals surface area (Å²) in [5.74, 6) is 0. The van der Waals surface area contributed by atoms with Gasteiger partial charge in [0.2, 0.25) is 0 Å². The molecule has 0 bridgehead atoms. The summed E-state index contributed by atoms with van der Waals surface area (Å²) >= 11 is 5.77. The van der Waals surface area contributed by atoms with Crippen LogP contribution < -0.4 is 0 Å². The van der Waals surface area contributed by atoms with Crippen LogP contribution in [-0.4, -0.2) is 4.98 Å². The first-order valence-corrected chi connectivity index (χ1v) is 4.49. The third-order valence-corrected chi connectivity index (χ3v) is 2.31. The molecule has 0 saturated carbocycles. The normalized spacial score (nSPS) is 10.4. The number of halogens is 1. The number of benzene rings is 1. The minimum absolute atomic E-state index is 0.398. The first kappa shape index (κ1) is 9.09. The van der Waals surface area contributed by atoms with Crippen LogP contribution >= 0.6 is 11.6 Å². The van der Waals surface area contributed by atoms with Gasteiger partial charge in [0.25, 0.3) is 0 Å². The highest BCUT2D eigenvalue weighted by molar-refractivity contribution is 6.29.